The van der Waals surface area contributed by atoms with E-state index in [-0.39, 0.29) is 5.91 Å². The molecule has 3 aromatic rings. The van der Waals surface area contributed by atoms with Crippen molar-refractivity contribution in [2.45, 2.75) is 20.0 Å². The summed E-state index contributed by atoms with van der Waals surface area (Å²) in [6, 6.07) is 17.4. The molecule has 138 valence electrons. The largest absolute Gasteiger partial charge is 0.496 e. The highest BCUT2D eigenvalue weighted by Crippen LogP contribution is 2.19. The second-order valence-electron chi connectivity index (χ2n) is 6.30. The van der Waals surface area contributed by atoms with Crippen molar-refractivity contribution in [1.29, 1.82) is 0 Å². The van der Waals surface area contributed by atoms with Gasteiger partial charge in [-0.05, 0) is 53.9 Å². The Bertz CT molecular complexity index is 910. The highest BCUT2D eigenvalue weighted by Gasteiger charge is 2.06. The van der Waals surface area contributed by atoms with Crippen LogP contribution in [0.15, 0.2) is 67.0 Å². The molecule has 2 aromatic carbocycles. The van der Waals surface area contributed by atoms with E-state index >= 15 is 0 Å². The molecule has 0 aliphatic heterocycles. The molecule has 1 aromatic heterocycles. The average Bonchev–Trinajstić information content (AvgIpc) is 2.70. The molecule has 27 heavy (non-hydrogen) atoms. The van der Waals surface area contributed by atoms with Crippen LogP contribution in [-0.4, -0.2) is 18.0 Å². The van der Waals surface area contributed by atoms with Crippen molar-refractivity contribution in [2.24, 2.45) is 0 Å². The fourth-order valence-electron chi connectivity index (χ4n) is 2.79. The van der Waals surface area contributed by atoms with E-state index in [1.165, 1.54) is 5.56 Å². The van der Waals surface area contributed by atoms with E-state index in [2.05, 4.69) is 27.8 Å². The molecule has 0 spiro atoms. The van der Waals surface area contributed by atoms with E-state index in [1.54, 1.807) is 31.6 Å². The number of rotatable bonds is 7. The maximum absolute atomic E-state index is 12.2. The van der Waals surface area contributed by atoms with Crippen molar-refractivity contribution < 1.29 is 9.53 Å². The summed E-state index contributed by atoms with van der Waals surface area (Å²) in [4.78, 5) is 16.2. The zero-order valence-electron chi connectivity index (χ0n) is 15.5. The van der Waals surface area contributed by atoms with Crippen LogP contribution in [0.2, 0.25) is 0 Å². The number of carbonyl (C=O) groups excluding carboxylic acids is 1. The van der Waals surface area contributed by atoms with Crippen LogP contribution < -0.4 is 15.4 Å². The number of carbonyl (C=O) groups is 1. The van der Waals surface area contributed by atoms with E-state index in [9.17, 15) is 4.79 Å². The zero-order chi connectivity index (χ0) is 19.1. The Morgan fingerprint density at radius 1 is 1.00 bits per heavy atom. The molecule has 0 radical (unpaired) electrons. The highest BCUT2D eigenvalue weighted by atomic mass is 16.5. The molecule has 0 bridgehead atoms. The minimum atomic E-state index is -0.144. The molecular formula is C22H23N3O2. The Morgan fingerprint density at radius 2 is 1.74 bits per heavy atom. The summed E-state index contributed by atoms with van der Waals surface area (Å²) >= 11 is 0. The number of amides is 1. The molecule has 0 unspecified atom stereocenters. The Hall–Kier alpha value is -3.18. The lowest BCUT2D eigenvalue weighted by molar-refractivity contribution is 0.102. The summed E-state index contributed by atoms with van der Waals surface area (Å²) in [5.74, 6) is 0.754. The lowest BCUT2D eigenvalue weighted by atomic mass is 10.1. The van der Waals surface area contributed by atoms with E-state index in [1.807, 2.05) is 37.3 Å². The maximum Gasteiger partial charge on any atom is 0.255 e. The molecule has 0 aliphatic rings. The first-order chi connectivity index (χ1) is 13.2. The van der Waals surface area contributed by atoms with E-state index < -0.39 is 0 Å². The lowest BCUT2D eigenvalue weighted by Crippen LogP contribution is -2.14. The Kier molecular flexibility index (Phi) is 6.18. The Labute approximate surface area is 159 Å². The maximum atomic E-state index is 12.2. The summed E-state index contributed by atoms with van der Waals surface area (Å²) in [6.07, 6.45) is 3.21. The Morgan fingerprint density at radius 3 is 2.48 bits per heavy atom. The summed E-state index contributed by atoms with van der Waals surface area (Å²) in [5.41, 5.74) is 4.75. The monoisotopic (exact) mass is 361 g/mol. The van der Waals surface area contributed by atoms with Gasteiger partial charge in [-0.2, -0.15) is 0 Å². The molecule has 0 fully saturated rings. The lowest BCUT2D eigenvalue weighted by Gasteiger charge is -2.10. The summed E-state index contributed by atoms with van der Waals surface area (Å²) < 4.78 is 5.37. The van der Waals surface area contributed by atoms with Gasteiger partial charge in [-0.25, -0.2) is 0 Å². The van der Waals surface area contributed by atoms with Crippen LogP contribution in [0.25, 0.3) is 0 Å². The number of aryl methyl sites for hydroxylation is 1. The van der Waals surface area contributed by atoms with Crippen LogP contribution in [0, 0.1) is 6.92 Å². The predicted octanol–water partition coefficient (Wildman–Crippen LogP) is 3.94. The fraction of sp³-hybridized carbons (Fsp3) is 0.182. The molecule has 5 nitrogen and oxygen atoms in total. The minimum Gasteiger partial charge on any atom is -0.496 e. The van der Waals surface area contributed by atoms with Crippen molar-refractivity contribution >= 4 is 11.6 Å². The van der Waals surface area contributed by atoms with Gasteiger partial charge in [0.25, 0.3) is 5.91 Å². The predicted molar refractivity (Wildman–Crippen MR) is 107 cm³/mol. The summed E-state index contributed by atoms with van der Waals surface area (Å²) in [5, 5.41) is 6.34. The van der Waals surface area contributed by atoms with Crippen LogP contribution in [-0.2, 0) is 13.1 Å². The number of nitrogens with zero attached hydrogens (tertiary/aromatic N) is 1. The van der Waals surface area contributed by atoms with Crippen LogP contribution in [0.4, 0.5) is 5.69 Å². The quantitative estimate of drug-likeness (QED) is 0.669. The van der Waals surface area contributed by atoms with Crippen LogP contribution in [0.3, 0.4) is 0 Å². The van der Waals surface area contributed by atoms with Gasteiger partial charge in [0, 0.05) is 36.7 Å². The molecule has 2 N–H and O–H groups in total. The molecule has 1 amide bonds. The first-order valence-corrected chi connectivity index (χ1v) is 8.80. The van der Waals surface area contributed by atoms with Crippen molar-refractivity contribution in [2.75, 3.05) is 12.4 Å². The molecule has 0 aliphatic carbocycles. The first kappa shape index (κ1) is 18.6. The van der Waals surface area contributed by atoms with E-state index in [0.717, 1.165) is 29.1 Å². The molecular weight excluding hydrogens is 338 g/mol. The molecule has 0 atom stereocenters. The van der Waals surface area contributed by atoms with Gasteiger partial charge < -0.3 is 15.4 Å². The van der Waals surface area contributed by atoms with Gasteiger partial charge >= 0.3 is 0 Å². The standard InChI is InChI=1S/C22H23N3O2/c1-16-6-7-18(13-21(16)27-2)15-24-14-17-4-3-5-20(12-17)25-22(26)19-8-10-23-11-9-19/h3-13,24H,14-15H2,1-2H3,(H,25,26). The third kappa shape index (κ3) is 5.15. The second-order valence-corrected chi connectivity index (χ2v) is 6.30. The number of hydrogen-bond acceptors (Lipinski definition) is 4. The third-order valence-corrected chi connectivity index (χ3v) is 4.26. The van der Waals surface area contributed by atoms with Crippen LogP contribution in [0.5, 0.6) is 5.75 Å². The zero-order valence-corrected chi connectivity index (χ0v) is 15.5. The number of hydrogen-bond donors (Lipinski definition) is 2. The van der Waals surface area contributed by atoms with Gasteiger partial charge in [-0.15, -0.1) is 0 Å². The second kappa shape index (κ2) is 8.96. The SMILES string of the molecule is COc1cc(CNCc2cccc(NC(=O)c3ccncc3)c2)ccc1C. The van der Waals surface area contributed by atoms with Gasteiger partial charge in [0.05, 0.1) is 7.11 Å². The van der Waals surface area contributed by atoms with Gasteiger partial charge in [0.1, 0.15) is 5.75 Å². The van der Waals surface area contributed by atoms with Crippen molar-refractivity contribution in [3.05, 3.63) is 89.2 Å². The summed E-state index contributed by atoms with van der Waals surface area (Å²) in [7, 11) is 1.69. The number of benzene rings is 2. The number of aromatic nitrogens is 1. The van der Waals surface area contributed by atoms with E-state index in [0.29, 0.717) is 12.1 Å². The fourth-order valence-corrected chi connectivity index (χ4v) is 2.79. The average molecular weight is 361 g/mol. The molecule has 1 heterocycles. The number of nitrogens with one attached hydrogen (secondary N) is 2. The number of methoxy groups -OCH3 is 1. The van der Waals surface area contributed by atoms with Gasteiger partial charge in [0.2, 0.25) is 0 Å². The summed E-state index contributed by atoms with van der Waals surface area (Å²) in [6.45, 7) is 3.47. The number of anilines is 1. The Balaban J connectivity index is 1.57. The topological polar surface area (TPSA) is 63.2 Å². The normalized spacial score (nSPS) is 10.4. The highest BCUT2D eigenvalue weighted by molar-refractivity contribution is 6.04. The van der Waals surface area contributed by atoms with Crippen molar-refractivity contribution in [1.82, 2.24) is 10.3 Å². The number of pyridine rings is 1. The molecule has 5 heteroatoms. The van der Waals surface area contributed by atoms with E-state index in [4.69, 9.17) is 4.74 Å². The smallest absolute Gasteiger partial charge is 0.255 e. The van der Waals surface area contributed by atoms with Crippen LogP contribution in [0.1, 0.15) is 27.0 Å². The first-order valence-electron chi connectivity index (χ1n) is 8.80. The van der Waals surface area contributed by atoms with Gasteiger partial charge in [0.15, 0.2) is 0 Å². The minimum absolute atomic E-state index is 0.144. The third-order valence-electron chi connectivity index (χ3n) is 4.26. The van der Waals surface area contributed by atoms with Gasteiger partial charge in [-0.3, -0.25) is 9.78 Å². The van der Waals surface area contributed by atoms with Crippen LogP contribution >= 0.6 is 0 Å². The number of ether oxygens (including phenoxy) is 1. The molecule has 0 saturated heterocycles. The molecule has 0 saturated carbocycles. The van der Waals surface area contributed by atoms with Crippen molar-refractivity contribution in [3.63, 3.8) is 0 Å². The molecule has 3 rings (SSSR count). The van der Waals surface area contributed by atoms with Crippen molar-refractivity contribution in [3.8, 4) is 5.75 Å². The van der Waals surface area contributed by atoms with Gasteiger partial charge in [-0.1, -0.05) is 24.3 Å².